The lowest BCUT2D eigenvalue weighted by atomic mass is 10.2. The van der Waals surface area contributed by atoms with E-state index in [2.05, 4.69) is 0 Å². The van der Waals surface area contributed by atoms with Crippen molar-refractivity contribution >= 4 is 17.7 Å². The summed E-state index contributed by atoms with van der Waals surface area (Å²) in [5.74, 6) is 4.21. The summed E-state index contributed by atoms with van der Waals surface area (Å²) in [6, 6.07) is 1.43. The van der Waals surface area contributed by atoms with Crippen LogP contribution >= 0.6 is 0 Å². The average Bonchev–Trinajstić information content (AvgIpc) is 2.90. The number of amides is 3. The number of hydrogen-bond donors (Lipinski definition) is 2. The first-order valence-electron chi connectivity index (χ1n) is 5.04. The summed E-state index contributed by atoms with van der Waals surface area (Å²) in [7, 11) is 0. The Hall–Kier alpha value is -2.15. The Labute approximate surface area is 96.5 Å². The predicted octanol–water partition coefficient (Wildman–Crippen LogP) is -0.468. The van der Waals surface area contributed by atoms with Crippen LogP contribution in [0.1, 0.15) is 29.0 Å². The van der Waals surface area contributed by atoms with Gasteiger partial charge in [-0.3, -0.25) is 24.7 Å². The molecule has 1 aliphatic rings. The third-order valence-electron chi connectivity index (χ3n) is 2.58. The van der Waals surface area contributed by atoms with Crippen molar-refractivity contribution in [2.24, 2.45) is 5.84 Å². The van der Waals surface area contributed by atoms with Gasteiger partial charge in [0, 0.05) is 12.8 Å². The number of likely N-dealkylation sites (tertiary alicyclic amines) is 1. The first-order chi connectivity index (χ1) is 8.13. The number of carbonyl (C=O) groups is 3. The number of nitrogens with two attached hydrogens (primary N) is 1. The third kappa shape index (κ3) is 2.04. The Kier molecular flexibility index (Phi) is 2.92. The van der Waals surface area contributed by atoms with Gasteiger partial charge in [0.05, 0.1) is 18.4 Å². The van der Waals surface area contributed by atoms with Crippen molar-refractivity contribution in [2.45, 2.75) is 19.4 Å². The van der Waals surface area contributed by atoms with Crippen LogP contribution in [-0.2, 0) is 16.1 Å². The first-order valence-corrected chi connectivity index (χ1v) is 5.04. The maximum Gasteiger partial charge on any atom is 0.268 e. The molecule has 3 amide bonds. The molecule has 3 N–H and O–H groups in total. The highest BCUT2D eigenvalue weighted by molar-refractivity contribution is 6.02. The molecular formula is C10H11N3O4. The summed E-state index contributed by atoms with van der Waals surface area (Å²) in [6.45, 7) is -0.0343. The van der Waals surface area contributed by atoms with Gasteiger partial charge in [-0.1, -0.05) is 0 Å². The third-order valence-corrected chi connectivity index (χ3v) is 2.58. The number of nitrogen functional groups attached to an aromatic ring is 1. The normalized spacial score (nSPS) is 15.5. The molecule has 0 spiro atoms. The van der Waals surface area contributed by atoms with Crippen LogP contribution in [0, 0.1) is 0 Å². The summed E-state index contributed by atoms with van der Waals surface area (Å²) in [5.41, 5.74) is 2.19. The van der Waals surface area contributed by atoms with E-state index in [-0.39, 0.29) is 42.5 Å². The molecule has 0 aliphatic carbocycles. The highest BCUT2D eigenvalue weighted by Gasteiger charge is 2.30. The summed E-state index contributed by atoms with van der Waals surface area (Å²) in [6.07, 6.45) is 1.72. The Morgan fingerprint density at radius 2 is 2.06 bits per heavy atom. The maximum absolute atomic E-state index is 11.4. The topological polar surface area (TPSA) is 106 Å². The smallest absolute Gasteiger partial charge is 0.268 e. The second-order valence-corrected chi connectivity index (χ2v) is 3.60. The molecule has 0 unspecified atom stereocenters. The fourth-order valence-corrected chi connectivity index (χ4v) is 1.69. The van der Waals surface area contributed by atoms with E-state index in [1.165, 1.54) is 12.3 Å². The molecule has 1 fully saturated rings. The molecule has 1 aliphatic heterocycles. The van der Waals surface area contributed by atoms with E-state index in [0.717, 1.165) is 4.90 Å². The van der Waals surface area contributed by atoms with Gasteiger partial charge in [0.25, 0.3) is 5.91 Å². The van der Waals surface area contributed by atoms with E-state index < -0.39 is 5.91 Å². The van der Waals surface area contributed by atoms with Crippen LogP contribution in [0.25, 0.3) is 0 Å². The number of rotatable bonds is 3. The molecular weight excluding hydrogens is 226 g/mol. The zero-order valence-electron chi connectivity index (χ0n) is 8.93. The molecule has 7 heteroatoms. The monoisotopic (exact) mass is 237 g/mol. The van der Waals surface area contributed by atoms with Gasteiger partial charge in [-0.05, 0) is 6.07 Å². The van der Waals surface area contributed by atoms with Crippen LogP contribution in [-0.4, -0.2) is 22.6 Å². The molecule has 1 saturated heterocycles. The Morgan fingerprint density at radius 1 is 1.41 bits per heavy atom. The van der Waals surface area contributed by atoms with Gasteiger partial charge >= 0.3 is 0 Å². The number of furan rings is 1. The van der Waals surface area contributed by atoms with Crippen molar-refractivity contribution in [1.29, 1.82) is 0 Å². The second kappa shape index (κ2) is 4.38. The lowest BCUT2D eigenvalue weighted by molar-refractivity contribution is -0.139. The van der Waals surface area contributed by atoms with Crippen molar-refractivity contribution < 1.29 is 18.8 Å². The van der Waals surface area contributed by atoms with Crippen LogP contribution in [0.5, 0.6) is 0 Å². The van der Waals surface area contributed by atoms with Gasteiger partial charge in [0.15, 0.2) is 0 Å². The fraction of sp³-hybridized carbons (Fsp3) is 0.300. The van der Waals surface area contributed by atoms with Crippen molar-refractivity contribution in [2.75, 3.05) is 0 Å². The molecule has 0 radical (unpaired) electrons. The molecule has 7 nitrogen and oxygen atoms in total. The standard InChI is InChI=1S/C10H11N3O4/c11-12-10(16)6-3-4-17-7(6)5-13-8(14)1-2-9(13)15/h3-4H,1-2,5,11H2,(H,12,16). The van der Waals surface area contributed by atoms with Crippen LogP contribution in [0.2, 0.25) is 0 Å². The van der Waals surface area contributed by atoms with E-state index in [1.807, 2.05) is 5.43 Å². The van der Waals surface area contributed by atoms with Crippen LogP contribution in [0.15, 0.2) is 16.7 Å². The molecule has 0 aromatic carbocycles. The minimum Gasteiger partial charge on any atom is -0.467 e. The van der Waals surface area contributed by atoms with E-state index in [4.69, 9.17) is 10.3 Å². The highest BCUT2D eigenvalue weighted by atomic mass is 16.3. The Balaban J connectivity index is 2.19. The number of carbonyl (C=O) groups excluding carboxylic acids is 3. The summed E-state index contributed by atoms with van der Waals surface area (Å²) in [4.78, 5) is 35.2. The number of hydrazine groups is 1. The lowest BCUT2D eigenvalue weighted by Crippen LogP contribution is -2.32. The number of imide groups is 1. The van der Waals surface area contributed by atoms with Crippen molar-refractivity contribution in [3.8, 4) is 0 Å². The van der Waals surface area contributed by atoms with Crippen molar-refractivity contribution in [3.63, 3.8) is 0 Å². The Bertz CT molecular complexity index is 464. The van der Waals surface area contributed by atoms with E-state index >= 15 is 0 Å². The molecule has 1 aromatic rings. The SMILES string of the molecule is NNC(=O)c1ccoc1CN1C(=O)CCC1=O. The van der Waals surface area contributed by atoms with Crippen LogP contribution in [0.3, 0.4) is 0 Å². The second-order valence-electron chi connectivity index (χ2n) is 3.60. The predicted molar refractivity (Wildman–Crippen MR) is 55.2 cm³/mol. The number of nitrogens with one attached hydrogen (secondary N) is 1. The molecule has 1 aromatic heterocycles. The molecule has 0 atom stereocenters. The minimum atomic E-state index is -0.521. The van der Waals surface area contributed by atoms with Gasteiger partial charge in [-0.2, -0.15) is 0 Å². The average molecular weight is 237 g/mol. The van der Waals surface area contributed by atoms with E-state index in [0.29, 0.717) is 0 Å². The van der Waals surface area contributed by atoms with Gasteiger partial charge in [-0.25, -0.2) is 5.84 Å². The largest absolute Gasteiger partial charge is 0.467 e. The lowest BCUT2D eigenvalue weighted by Gasteiger charge is -2.12. The van der Waals surface area contributed by atoms with Gasteiger partial charge in [0.2, 0.25) is 11.8 Å². The Morgan fingerprint density at radius 3 is 2.65 bits per heavy atom. The van der Waals surface area contributed by atoms with E-state index in [9.17, 15) is 14.4 Å². The highest BCUT2D eigenvalue weighted by Crippen LogP contribution is 2.18. The molecule has 2 rings (SSSR count). The molecule has 2 heterocycles. The number of nitrogens with zero attached hydrogens (tertiary/aromatic N) is 1. The summed E-state index contributed by atoms with van der Waals surface area (Å²) in [5, 5.41) is 0. The molecule has 0 saturated carbocycles. The quantitative estimate of drug-likeness (QED) is 0.320. The number of hydrogen-bond acceptors (Lipinski definition) is 5. The van der Waals surface area contributed by atoms with Gasteiger partial charge in [0.1, 0.15) is 5.76 Å². The molecule has 0 bridgehead atoms. The van der Waals surface area contributed by atoms with Crippen LogP contribution in [0.4, 0.5) is 0 Å². The van der Waals surface area contributed by atoms with Crippen molar-refractivity contribution in [3.05, 3.63) is 23.7 Å². The zero-order chi connectivity index (χ0) is 12.4. The molecule has 90 valence electrons. The maximum atomic E-state index is 11.4. The molecule has 17 heavy (non-hydrogen) atoms. The fourth-order valence-electron chi connectivity index (χ4n) is 1.69. The zero-order valence-corrected chi connectivity index (χ0v) is 8.93. The van der Waals surface area contributed by atoms with E-state index in [1.54, 1.807) is 0 Å². The summed E-state index contributed by atoms with van der Waals surface area (Å²) >= 11 is 0. The van der Waals surface area contributed by atoms with Crippen LogP contribution < -0.4 is 11.3 Å². The minimum absolute atomic E-state index is 0.0343. The van der Waals surface area contributed by atoms with Crippen molar-refractivity contribution in [1.82, 2.24) is 10.3 Å². The van der Waals surface area contributed by atoms with Gasteiger partial charge in [-0.15, -0.1) is 0 Å². The first kappa shape index (κ1) is 11.3. The van der Waals surface area contributed by atoms with Gasteiger partial charge < -0.3 is 4.42 Å². The summed E-state index contributed by atoms with van der Waals surface area (Å²) < 4.78 is 5.08.